The molecule has 1 rings (SSSR count). The van der Waals surface area contributed by atoms with E-state index < -0.39 is 17.9 Å². The molecule has 0 fully saturated rings. The van der Waals surface area contributed by atoms with Crippen LogP contribution in [0.3, 0.4) is 0 Å². The Morgan fingerprint density at radius 1 is 1.50 bits per heavy atom. The lowest BCUT2D eigenvalue weighted by molar-refractivity contribution is -0.139. The highest BCUT2D eigenvalue weighted by molar-refractivity contribution is 5.96. The number of carbonyl (C=O) groups is 2. The summed E-state index contributed by atoms with van der Waals surface area (Å²) in [6.07, 6.45) is 3.25. The highest BCUT2D eigenvalue weighted by Crippen LogP contribution is 2.12. The van der Waals surface area contributed by atoms with E-state index in [0.29, 0.717) is 12.8 Å². The summed E-state index contributed by atoms with van der Waals surface area (Å²) in [4.78, 5) is 26.4. The minimum absolute atomic E-state index is 0.166. The van der Waals surface area contributed by atoms with Gasteiger partial charge < -0.3 is 15.5 Å². The van der Waals surface area contributed by atoms with Gasteiger partial charge in [-0.05, 0) is 18.6 Å². The van der Waals surface area contributed by atoms with Gasteiger partial charge in [0.15, 0.2) is 5.69 Å². The van der Waals surface area contributed by atoms with Crippen LogP contribution in [0, 0.1) is 0 Å². The van der Waals surface area contributed by atoms with Crippen LogP contribution < -0.4 is 5.32 Å². The molecule has 1 heterocycles. The third-order valence-corrected chi connectivity index (χ3v) is 2.45. The Kier molecular flexibility index (Phi) is 5.10. The molecule has 0 aliphatic carbocycles. The number of nitrogens with one attached hydrogen (secondary N) is 1. The summed E-state index contributed by atoms with van der Waals surface area (Å²) >= 11 is 0. The van der Waals surface area contributed by atoms with E-state index in [1.165, 1.54) is 18.3 Å². The first-order valence-electron chi connectivity index (χ1n) is 5.74. The van der Waals surface area contributed by atoms with E-state index in [1.54, 1.807) is 0 Å². The second-order valence-electron chi connectivity index (χ2n) is 3.88. The molecule has 0 aliphatic rings. The van der Waals surface area contributed by atoms with Gasteiger partial charge in [0, 0.05) is 6.20 Å². The van der Waals surface area contributed by atoms with Gasteiger partial charge in [0.1, 0.15) is 11.8 Å². The predicted octanol–water partition coefficient (Wildman–Crippen LogP) is 1.16. The SMILES string of the molecule is CCCC[C@H](NC(=O)c1ncccc1O)C(=O)O. The molecule has 1 amide bonds. The minimum atomic E-state index is -1.09. The highest BCUT2D eigenvalue weighted by atomic mass is 16.4. The number of rotatable bonds is 6. The summed E-state index contributed by atoms with van der Waals surface area (Å²) in [5, 5.41) is 20.8. The first-order chi connectivity index (χ1) is 8.56. The molecule has 18 heavy (non-hydrogen) atoms. The molecule has 0 spiro atoms. The maximum absolute atomic E-state index is 11.7. The fourth-order valence-corrected chi connectivity index (χ4v) is 1.46. The molecule has 0 aromatic carbocycles. The molecule has 6 heteroatoms. The van der Waals surface area contributed by atoms with Crippen molar-refractivity contribution in [3.8, 4) is 5.75 Å². The number of aromatic hydroxyl groups is 1. The highest BCUT2D eigenvalue weighted by Gasteiger charge is 2.22. The fourth-order valence-electron chi connectivity index (χ4n) is 1.46. The van der Waals surface area contributed by atoms with E-state index >= 15 is 0 Å². The Morgan fingerprint density at radius 3 is 2.78 bits per heavy atom. The molecule has 1 atom stereocenters. The molecule has 6 nitrogen and oxygen atoms in total. The summed E-state index contributed by atoms with van der Waals surface area (Å²) in [5.74, 6) is -2.04. The molecule has 0 saturated carbocycles. The molecule has 0 saturated heterocycles. The molecule has 0 unspecified atom stereocenters. The Labute approximate surface area is 105 Å². The monoisotopic (exact) mass is 252 g/mol. The third kappa shape index (κ3) is 3.73. The van der Waals surface area contributed by atoms with Crippen LogP contribution in [0.2, 0.25) is 0 Å². The number of aromatic nitrogens is 1. The van der Waals surface area contributed by atoms with E-state index in [9.17, 15) is 14.7 Å². The van der Waals surface area contributed by atoms with Crippen molar-refractivity contribution in [3.63, 3.8) is 0 Å². The van der Waals surface area contributed by atoms with Crippen molar-refractivity contribution in [1.29, 1.82) is 0 Å². The van der Waals surface area contributed by atoms with Crippen molar-refractivity contribution in [2.24, 2.45) is 0 Å². The Bertz CT molecular complexity index is 434. The maximum Gasteiger partial charge on any atom is 0.326 e. The molecule has 0 radical (unpaired) electrons. The first-order valence-corrected chi connectivity index (χ1v) is 5.74. The van der Waals surface area contributed by atoms with Crippen LogP contribution in [-0.4, -0.2) is 33.1 Å². The van der Waals surface area contributed by atoms with E-state index in [2.05, 4.69) is 10.3 Å². The first kappa shape index (κ1) is 14.0. The molecule has 3 N–H and O–H groups in total. The summed E-state index contributed by atoms with van der Waals surface area (Å²) in [7, 11) is 0. The van der Waals surface area contributed by atoms with Crippen molar-refractivity contribution in [2.75, 3.05) is 0 Å². The number of carbonyl (C=O) groups excluding carboxylic acids is 1. The molecule has 0 aliphatic heterocycles. The van der Waals surface area contributed by atoms with Crippen molar-refractivity contribution in [3.05, 3.63) is 24.0 Å². The lowest BCUT2D eigenvalue weighted by Gasteiger charge is -2.13. The fraction of sp³-hybridized carbons (Fsp3) is 0.417. The Balaban J connectivity index is 2.72. The van der Waals surface area contributed by atoms with Crippen LogP contribution in [0.25, 0.3) is 0 Å². The molecular weight excluding hydrogens is 236 g/mol. The van der Waals surface area contributed by atoms with Gasteiger partial charge in [-0.15, -0.1) is 0 Å². The van der Waals surface area contributed by atoms with Gasteiger partial charge in [-0.3, -0.25) is 4.79 Å². The molecule has 1 aromatic heterocycles. The van der Waals surface area contributed by atoms with Gasteiger partial charge in [-0.2, -0.15) is 0 Å². The summed E-state index contributed by atoms with van der Waals surface area (Å²) in [6.45, 7) is 1.94. The summed E-state index contributed by atoms with van der Waals surface area (Å²) in [5.41, 5.74) is -0.166. The van der Waals surface area contributed by atoms with Crippen molar-refractivity contribution >= 4 is 11.9 Å². The second-order valence-corrected chi connectivity index (χ2v) is 3.88. The zero-order valence-electron chi connectivity index (χ0n) is 10.1. The van der Waals surface area contributed by atoms with Crippen LogP contribution in [-0.2, 0) is 4.79 Å². The smallest absolute Gasteiger partial charge is 0.326 e. The van der Waals surface area contributed by atoms with E-state index in [-0.39, 0.29) is 11.4 Å². The van der Waals surface area contributed by atoms with Crippen molar-refractivity contribution in [2.45, 2.75) is 32.2 Å². The van der Waals surface area contributed by atoms with Gasteiger partial charge in [-0.1, -0.05) is 19.8 Å². The lowest BCUT2D eigenvalue weighted by atomic mass is 10.1. The number of nitrogens with zero attached hydrogens (tertiary/aromatic N) is 1. The van der Waals surface area contributed by atoms with E-state index in [4.69, 9.17) is 5.11 Å². The number of hydrogen-bond donors (Lipinski definition) is 3. The van der Waals surface area contributed by atoms with Gasteiger partial charge in [0.05, 0.1) is 0 Å². The van der Waals surface area contributed by atoms with Gasteiger partial charge >= 0.3 is 5.97 Å². The van der Waals surface area contributed by atoms with Crippen molar-refractivity contribution < 1.29 is 19.8 Å². The average Bonchev–Trinajstić information content (AvgIpc) is 2.34. The number of unbranched alkanes of at least 4 members (excludes halogenated alkanes) is 1. The number of aliphatic carboxylic acids is 1. The Morgan fingerprint density at radius 2 is 2.22 bits per heavy atom. The average molecular weight is 252 g/mol. The largest absolute Gasteiger partial charge is 0.505 e. The van der Waals surface area contributed by atoms with Gasteiger partial charge in [0.25, 0.3) is 5.91 Å². The number of hydrogen-bond acceptors (Lipinski definition) is 4. The standard InChI is InChI=1S/C12H16N2O4/c1-2-3-5-8(12(17)18)14-11(16)10-9(15)6-4-7-13-10/h4,6-8,15H,2-3,5H2,1H3,(H,14,16)(H,17,18)/t8-/m0/s1. The molecule has 0 bridgehead atoms. The number of carboxylic acid groups (broad SMARTS) is 1. The van der Waals surface area contributed by atoms with Crippen LogP contribution in [0.4, 0.5) is 0 Å². The normalized spacial score (nSPS) is 11.8. The zero-order chi connectivity index (χ0) is 13.5. The summed E-state index contributed by atoms with van der Waals surface area (Å²) in [6, 6.07) is 1.85. The summed E-state index contributed by atoms with van der Waals surface area (Å²) < 4.78 is 0. The quantitative estimate of drug-likeness (QED) is 0.705. The minimum Gasteiger partial charge on any atom is -0.505 e. The zero-order valence-corrected chi connectivity index (χ0v) is 10.1. The van der Waals surface area contributed by atoms with Crippen LogP contribution >= 0.6 is 0 Å². The van der Waals surface area contributed by atoms with Gasteiger partial charge in [0.2, 0.25) is 0 Å². The molecule has 1 aromatic rings. The van der Waals surface area contributed by atoms with Crippen LogP contribution in [0.1, 0.15) is 36.7 Å². The third-order valence-electron chi connectivity index (χ3n) is 2.45. The molecular formula is C12H16N2O4. The molecule has 98 valence electrons. The van der Waals surface area contributed by atoms with Crippen LogP contribution in [0.15, 0.2) is 18.3 Å². The lowest BCUT2D eigenvalue weighted by Crippen LogP contribution is -2.41. The number of carboxylic acids is 1. The van der Waals surface area contributed by atoms with Gasteiger partial charge in [-0.25, -0.2) is 9.78 Å². The van der Waals surface area contributed by atoms with Crippen LogP contribution in [0.5, 0.6) is 5.75 Å². The predicted molar refractivity (Wildman–Crippen MR) is 64.3 cm³/mol. The van der Waals surface area contributed by atoms with E-state index in [1.807, 2.05) is 6.92 Å². The second kappa shape index (κ2) is 6.58. The van der Waals surface area contributed by atoms with Crippen molar-refractivity contribution in [1.82, 2.24) is 10.3 Å². The maximum atomic E-state index is 11.7. The Hall–Kier alpha value is -2.11. The van der Waals surface area contributed by atoms with E-state index in [0.717, 1.165) is 6.42 Å². The topological polar surface area (TPSA) is 99.5 Å². The number of pyridine rings is 1. The number of amides is 1.